The monoisotopic (exact) mass is 387 g/mol. The van der Waals surface area contributed by atoms with Crippen molar-refractivity contribution in [2.45, 2.75) is 26.8 Å². The van der Waals surface area contributed by atoms with Gasteiger partial charge in [0.15, 0.2) is 0 Å². The van der Waals surface area contributed by atoms with Crippen molar-refractivity contribution in [1.29, 1.82) is 0 Å². The van der Waals surface area contributed by atoms with Crippen molar-refractivity contribution in [3.8, 4) is 0 Å². The number of nitrogens with one attached hydrogen (secondary N) is 2. The summed E-state index contributed by atoms with van der Waals surface area (Å²) >= 11 is 0. The van der Waals surface area contributed by atoms with Crippen LogP contribution in [-0.4, -0.2) is 53.4 Å². The number of urea groups is 1. The Morgan fingerprint density at radius 3 is 2.50 bits per heavy atom. The van der Waals surface area contributed by atoms with Crippen molar-refractivity contribution in [1.82, 2.24) is 20.0 Å². The number of benzene rings is 1. The first kappa shape index (κ1) is 21.4. The minimum atomic E-state index is -0.353. The maximum Gasteiger partial charge on any atom is 0.319 e. The Kier molecular flexibility index (Phi) is 7.57. The summed E-state index contributed by atoms with van der Waals surface area (Å²) in [4.78, 5) is 26.7. The largest absolute Gasteiger partial charge is 0.382 e. The molecule has 28 heavy (non-hydrogen) atoms. The molecule has 0 saturated heterocycles. The maximum absolute atomic E-state index is 12.5. The van der Waals surface area contributed by atoms with Crippen LogP contribution in [0.3, 0.4) is 0 Å². The summed E-state index contributed by atoms with van der Waals surface area (Å²) in [6.45, 7) is 7.41. The molecule has 0 spiro atoms. The zero-order valence-corrected chi connectivity index (χ0v) is 17.2. The van der Waals surface area contributed by atoms with Crippen molar-refractivity contribution in [3.05, 3.63) is 47.3 Å². The van der Waals surface area contributed by atoms with Gasteiger partial charge in [-0.15, -0.1) is 0 Å². The second kappa shape index (κ2) is 9.89. The van der Waals surface area contributed by atoms with Gasteiger partial charge >= 0.3 is 6.03 Å². The van der Waals surface area contributed by atoms with Crippen LogP contribution in [0.4, 0.5) is 10.5 Å². The van der Waals surface area contributed by atoms with Gasteiger partial charge in [-0.3, -0.25) is 9.48 Å². The first-order chi connectivity index (χ1) is 13.4. The van der Waals surface area contributed by atoms with E-state index in [0.717, 1.165) is 11.3 Å². The molecule has 0 aliphatic rings. The molecule has 1 aromatic carbocycles. The normalized spacial score (nSPS) is 11.8. The molecular formula is C20H29N5O3. The van der Waals surface area contributed by atoms with Crippen molar-refractivity contribution < 1.29 is 14.3 Å². The lowest BCUT2D eigenvalue weighted by atomic mass is 10.1. The summed E-state index contributed by atoms with van der Waals surface area (Å²) in [5.41, 5.74) is 2.92. The molecule has 8 heteroatoms. The Labute approximate surface area is 165 Å². The number of hydrogen-bond donors (Lipinski definition) is 2. The van der Waals surface area contributed by atoms with Gasteiger partial charge in [0.25, 0.3) is 5.91 Å². The molecule has 0 radical (unpaired) electrons. The number of methoxy groups -OCH3 is 1. The Morgan fingerprint density at radius 1 is 1.25 bits per heavy atom. The summed E-state index contributed by atoms with van der Waals surface area (Å²) in [5, 5.41) is 9.88. The molecular weight excluding hydrogens is 358 g/mol. The lowest BCUT2D eigenvalue weighted by Gasteiger charge is -2.20. The number of nitrogens with zero attached hydrogens (tertiary/aromatic N) is 3. The highest BCUT2D eigenvalue weighted by Crippen LogP contribution is 2.19. The van der Waals surface area contributed by atoms with E-state index in [4.69, 9.17) is 4.74 Å². The van der Waals surface area contributed by atoms with Crippen LogP contribution in [0.1, 0.15) is 41.5 Å². The number of carbonyl (C=O) groups is 2. The van der Waals surface area contributed by atoms with Crippen LogP contribution in [-0.2, 0) is 11.8 Å². The number of ether oxygens (including phenoxy) is 1. The molecule has 1 unspecified atom stereocenters. The maximum atomic E-state index is 12.5. The minimum absolute atomic E-state index is 0.0135. The Bertz CT molecular complexity index is 814. The molecule has 152 valence electrons. The van der Waals surface area contributed by atoms with E-state index >= 15 is 0 Å². The molecule has 3 amide bonds. The fraction of sp³-hybridized carbons (Fsp3) is 0.450. The van der Waals surface area contributed by atoms with Gasteiger partial charge in [0.05, 0.1) is 18.3 Å². The van der Waals surface area contributed by atoms with Gasteiger partial charge in [0.2, 0.25) is 0 Å². The van der Waals surface area contributed by atoms with E-state index in [0.29, 0.717) is 30.9 Å². The number of aryl methyl sites for hydroxylation is 2. The van der Waals surface area contributed by atoms with Crippen LogP contribution in [0, 0.1) is 6.92 Å². The van der Waals surface area contributed by atoms with E-state index in [-0.39, 0.29) is 18.0 Å². The minimum Gasteiger partial charge on any atom is -0.382 e. The van der Waals surface area contributed by atoms with E-state index < -0.39 is 0 Å². The summed E-state index contributed by atoms with van der Waals surface area (Å²) in [7, 11) is 3.39. The predicted octanol–water partition coefficient (Wildman–Crippen LogP) is 2.72. The molecule has 1 heterocycles. The lowest BCUT2D eigenvalue weighted by Crippen LogP contribution is -2.36. The number of anilines is 1. The van der Waals surface area contributed by atoms with E-state index in [1.54, 1.807) is 41.1 Å². The Morgan fingerprint density at radius 2 is 1.96 bits per heavy atom. The number of amides is 3. The van der Waals surface area contributed by atoms with Crippen molar-refractivity contribution >= 4 is 17.6 Å². The van der Waals surface area contributed by atoms with Gasteiger partial charge in [-0.2, -0.15) is 5.10 Å². The van der Waals surface area contributed by atoms with E-state index in [1.165, 1.54) is 0 Å². The first-order valence-electron chi connectivity index (χ1n) is 9.35. The molecule has 2 rings (SSSR count). The summed E-state index contributed by atoms with van der Waals surface area (Å²) in [5.74, 6) is -0.0135. The third-order valence-electron chi connectivity index (χ3n) is 4.63. The standard InChI is InChI=1S/C20H29N5O3/c1-6-25(7-2)19(26)15-8-9-16(14(3)12-15)22-20(27)23-17(13-28-5)18-10-11-21-24(18)4/h8-12,17H,6-7,13H2,1-5H3,(H2,22,23,27). The van der Waals surface area contributed by atoms with Gasteiger partial charge in [-0.1, -0.05) is 0 Å². The topological polar surface area (TPSA) is 88.5 Å². The van der Waals surface area contributed by atoms with Crippen molar-refractivity contribution in [2.24, 2.45) is 7.05 Å². The third kappa shape index (κ3) is 5.10. The van der Waals surface area contributed by atoms with E-state index in [2.05, 4.69) is 15.7 Å². The number of hydrogen-bond acceptors (Lipinski definition) is 4. The van der Waals surface area contributed by atoms with Crippen molar-refractivity contribution in [3.63, 3.8) is 0 Å². The van der Waals surface area contributed by atoms with Gasteiger partial charge in [-0.25, -0.2) is 4.79 Å². The predicted molar refractivity (Wildman–Crippen MR) is 108 cm³/mol. The number of rotatable bonds is 8. The average Bonchev–Trinajstić information content (AvgIpc) is 3.09. The molecule has 0 fully saturated rings. The van der Waals surface area contributed by atoms with E-state index in [1.807, 2.05) is 33.9 Å². The molecule has 1 aromatic heterocycles. The summed E-state index contributed by atoms with van der Waals surface area (Å²) in [6, 6.07) is 6.43. The fourth-order valence-corrected chi connectivity index (χ4v) is 3.04. The van der Waals surface area contributed by atoms with Crippen molar-refractivity contribution in [2.75, 3.05) is 32.1 Å². The molecule has 0 saturated carbocycles. The third-order valence-corrected chi connectivity index (χ3v) is 4.63. The molecule has 8 nitrogen and oxygen atoms in total. The smallest absolute Gasteiger partial charge is 0.319 e. The zero-order valence-electron chi connectivity index (χ0n) is 17.2. The SMILES string of the molecule is CCN(CC)C(=O)c1ccc(NC(=O)NC(COC)c2ccnn2C)c(C)c1. The lowest BCUT2D eigenvalue weighted by molar-refractivity contribution is 0.0773. The summed E-state index contributed by atoms with van der Waals surface area (Å²) in [6.07, 6.45) is 1.67. The highest BCUT2D eigenvalue weighted by atomic mass is 16.5. The van der Waals surface area contributed by atoms with Crippen LogP contribution in [0.25, 0.3) is 0 Å². The highest BCUT2D eigenvalue weighted by molar-refractivity contribution is 5.96. The van der Waals surface area contributed by atoms with Crippen LogP contribution >= 0.6 is 0 Å². The van der Waals surface area contributed by atoms with Gasteiger partial charge in [0, 0.05) is 44.7 Å². The molecule has 2 N–H and O–H groups in total. The number of carbonyl (C=O) groups excluding carboxylic acids is 2. The van der Waals surface area contributed by atoms with Gasteiger partial charge < -0.3 is 20.3 Å². The molecule has 0 aliphatic heterocycles. The van der Waals surface area contributed by atoms with Gasteiger partial charge in [0.1, 0.15) is 0 Å². The molecule has 0 aliphatic carbocycles. The van der Waals surface area contributed by atoms with E-state index in [9.17, 15) is 9.59 Å². The molecule has 0 bridgehead atoms. The quantitative estimate of drug-likeness (QED) is 0.729. The second-order valence-corrected chi connectivity index (χ2v) is 6.49. The first-order valence-corrected chi connectivity index (χ1v) is 9.35. The average molecular weight is 387 g/mol. The summed E-state index contributed by atoms with van der Waals surface area (Å²) < 4.78 is 6.91. The van der Waals surface area contributed by atoms with Crippen LogP contribution in [0.5, 0.6) is 0 Å². The zero-order chi connectivity index (χ0) is 20.7. The molecule has 1 atom stereocenters. The van der Waals surface area contributed by atoms with Crippen LogP contribution in [0.15, 0.2) is 30.5 Å². The number of aromatic nitrogens is 2. The highest BCUT2D eigenvalue weighted by Gasteiger charge is 2.19. The Hall–Kier alpha value is -2.87. The van der Waals surface area contributed by atoms with Gasteiger partial charge in [-0.05, 0) is 50.6 Å². The molecule has 2 aromatic rings. The van der Waals surface area contributed by atoms with Crippen LogP contribution in [0.2, 0.25) is 0 Å². The van der Waals surface area contributed by atoms with Crippen LogP contribution < -0.4 is 10.6 Å². The Balaban J connectivity index is 2.09. The second-order valence-electron chi connectivity index (χ2n) is 6.49. The fourth-order valence-electron chi connectivity index (χ4n) is 3.04.